The third-order valence-corrected chi connectivity index (χ3v) is 1.96. The highest BCUT2D eigenvalue weighted by Gasteiger charge is 2.23. The first-order valence-corrected chi connectivity index (χ1v) is 3.85. The second-order valence-corrected chi connectivity index (χ2v) is 3.38. The van der Waals surface area contributed by atoms with E-state index in [4.69, 9.17) is 5.14 Å². The predicted molar refractivity (Wildman–Crippen MR) is 29.8 cm³/mol. The predicted octanol–water partition coefficient (Wildman–Crippen LogP) is -1.43. The van der Waals surface area contributed by atoms with E-state index in [1.54, 1.807) is 0 Å². The molecule has 0 bridgehead atoms. The molecular weight excluding hydrogens is 144 g/mol. The maximum absolute atomic E-state index is 10.4. The summed E-state index contributed by atoms with van der Waals surface area (Å²) in [5.74, 6) is 0. The topological polar surface area (TPSA) is 96.9 Å². The molecule has 1 unspecified atom stereocenters. The molecule has 7 heteroatoms. The Hall–Kier alpha value is -0.690. The van der Waals surface area contributed by atoms with Crippen molar-refractivity contribution >= 4 is 10.0 Å². The highest BCUT2D eigenvalue weighted by atomic mass is 32.2. The van der Waals surface area contributed by atoms with Gasteiger partial charge in [0.1, 0.15) is 0 Å². The molecule has 0 spiro atoms. The summed E-state index contributed by atoms with van der Waals surface area (Å²) in [6, 6.07) is 0. The van der Waals surface area contributed by atoms with Gasteiger partial charge in [0.25, 0.3) is 0 Å². The SMILES string of the molecule is NS(=O)(=O)C1CN=NN1. The van der Waals surface area contributed by atoms with Crippen LogP contribution in [-0.2, 0) is 10.0 Å². The molecule has 0 aromatic heterocycles. The van der Waals surface area contributed by atoms with Crippen molar-refractivity contribution in [1.82, 2.24) is 5.43 Å². The monoisotopic (exact) mass is 150 g/mol. The molecule has 0 amide bonds. The Kier molecular flexibility index (Phi) is 1.37. The van der Waals surface area contributed by atoms with Crippen LogP contribution in [-0.4, -0.2) is 20.3 Å². The Labute approximate surface area is 52.2 Å². The quantitative estimate of drug-likeness (QED) is 0.479. The lowest BCUT2D eigenvalue weighted by Gasteiger charge is -2.01. The fourth-order valence-electron chi connectivity index (χ4n) is 0.438. The molecule has 9 heavy (non-hydrogen) atoms. The molecule has 1 heterocycles. The minimum atomic E-state index is -3.50. The number of nitrogens with one attached hydrogen (secondary N) is 1. The lowest BCUT2D eigenvalue weighted by molar-refractivity contribution is 0.573. The first-order valence-electron chi connectivity index (χ1n) is 2.24. The third kappa shape index (κ3) is 1.36. The highest BCUT2D eigenvalue weighted by Crippen LogP contribution is 1.98. The number of nitrogens with two attached hydrogens (primary N) is 1. The Morgan fingerprint density at radius 1 is 1.67 bits per heavy atom. The first-order chi connectivity index (χ1) is 4.11. The second-order valence-electron chi connectivity index (χ2n) is 1.63. The van der Waals surface area contributed by atoms with Gasteiger partial charge in [0.15, 0.2) is 5.37 Å². The molecule has 3 N–H and O–H groups in total. The zero-order valence-electron chi connectivity index (χ0n) is 4.48. The van der Waals surface area contributed by atoms with Crippen LogP contribution in [0.5, 0.6) is 0 Å². The van der Waals surface area contributed by atoms with Crippen molar-refractivity contribution < 1.29 is 8.42 Å². The average molecular weight is 150 g/mol. The molecule has 1 rings (SSSR count). The molecule has 52 valence electrons. The molecule has 0 saturated heterocycles. The molecule has 0 aromatic rings. The van der Waals surface area contributed by atoms with Gasteiger partial charge in [-0.15, -0.1) is 0 Å². The number of primary sulfonamides is 1. The summed E-state index contributed by atoms with van der Waals surface area (Å²) in [7, 11) is -3.50. The minimum Gasteiger partial charge on any atom is -0.270 e. The van der Waals surface area contributed by atoms with Crippen LogP contribution in [0.1, 0.15) is 0 Å². The fraction of sp³-hybridized carbons (Fsp3) is 1.00. The number of hydrogen-bond acceptors (Lipinski definition) is 5. The van der Waals surface area contributed by atoms with E-state index in [-0.39, 0.29) is 6.54 Å². The number of nitrogens with zero attached hydrogens (tertiary/aromatic N) is 2. The van der Waals surface area contributed by atoms with E-state index in [0.29, 0.717) is 0 Å². The van der Waals surface area contributed by atoms with E-state index in [2.05, 4.69) is 15.8 Å². The summed E-state index contributed by atoms with van der Waals surface area (Å²) in [5.41, 5.74) is 2.24. The van der Waals surface area contributed by atoms with Crippen molar-refractivity contribution in [2.75, 3.05) is 6.54 Å². The number of rotatable bonds is 1. The van der Waals surface area contributed by atoms with Crippen LogP contribution in [0.15, 0.2) is 10.3 Å². The van der Waals surface area contributed by atoms with Crippen LogP contribution >= 0.6 is 0 Å². The minimum absolute atomic E-state index is 0.110. The van der Waals surface area contributed by atoms with Gasteiger partial charge in [-0.3, -0.25) is 5.43 Å². The van der Waals surface area contributed by atoms with Gasteiger partial charge in [0.2, 0.25) is 10.0 Å². The fourth-order valence-corrected chi connectivity index (χ4v) is 0.907. The molecule has 1 aliphatic rings. The van der Waals surface area contributed by atoms with Gasteiger partial charge in [0, 0.05) is 0 Å². The zero-order chi connectivity index (χ0) is 6.91. The summed E-state index contributed by atoms with van der Waals surface area (Å²) in [6.07, 6.45) is 0. The Morgan fingerprint density at radius 3 is 2.56 bits per heavy atom. The molecular formula is C2H6N4O2S. The molecule has 0 radical (unpaired) electrons. The molecule has 1 aliphatic heterocycles. The Balaban J connectivity index is 2.68. The van der Waals surface area contributed by atoms with Crippen molar-refractivity contribution in [2.24, 2.45) is 15.5 Å². The lowest BCUT2D eigenvalue weighted by Crippen LogP contribution is -2.37. The van der Waals surface area contributed by atoms with Crippen LogP contribution in [0.4, 0.5) is 0 Å². The van der Waals surface area contributed by atoms with Gasteiger partial charge in [-0.2, -0.15) is 5.11 Å². The van der Waals surface area contributed by atoms with E-state index < -0.39 is 15.4 Å². The molecule has 0 fully saturated rings. The van der Waals surface area contributed by atoms with Crippen LogP contribution in [0.25, 0.3) is 0 Å². The summed E-state index contributed by atoms with van der Waals surface area (Å²) in [4.78, 5) is 0. The Bertz CT molecular complexity index is 211. The summed E-state index contributed by atoms with van der Waals surface area (Å²) in [6.45, 7) is 0.110. The molecule has 0 aromatic carbocycles. The van der Waals surface area contributed by atoms with Crippen molar-refractivity contribution in [3.63, 3.8) is 0 Å². The smallest absolute Gasteiger partial charge is 0.233 e. The molecule has 6 nitrogen and oxygen atoms in total. The van der Waals surface area contributed by atoms with Crippen molar-refractivity contribution in [3.05, 3.63) is 0 Å². The standard InChI is InChI=1S/C2H6N4O2S/c3-9(7,8)2-1-4-6-5-2/h2H,1H2,(H,4,5)(H2,3,7,8). The number of hydrogen-bond donors (Lipinski definition) is 2. The van der Waals surface area contributed by atoms with Gasteiger partial charge in [-0.25, -0.2) is 13.6 Å². The zero-order valence-corrected chi connectivity index (χ0v) is 5.30. The molecule has 0 aliphatic carbocycles. The largest absolute Gasteiger partial charge is 0.270 e. The maximum atomic E-state index is 10.4. The first kappa shape index (κ1) is 6.43. The van der Waals surface area contributed by atoms with Crippen molar-refractivity contribution in [2.45, 2.75) is 5.37 Å². The van der Waals surface area contributed by atoms with E-state index >= 15 is 0 Å². The molecule has 0 saturated carbocycles. The summed E-state index contributed by atoms with van der Waals surface area (Å²) >= 11 is 0. The maximum Gasteiger partial charge on any atom is 0.233 e. The molecule has 1 atom stereocenters. The van der Waals surface area contributed by atoms with Crippen LogP contribution in [0.2, 0.25) is 0 Å². The second kappa shape index (κ2) is 1.92. The van der Waals surface area contributed by atoms with Gasteiger partial charge < -0.3 is 0 Å². The van der Waals surface area contributed by atoms with Crippen molar-refractivity contribution in [1.29, 1.82) is 0 Å². The van der Waals surface area contributed by atoms with Gasteiger partial charge in [0.05, 0.1) is 6.54 Å². The van der Waals surface area contributed by atoms with Crippen molar-refractivity contribution in [3.8, 4) is 0 Å². The third-order valence-electron chi connectivity index (χ3n) is 0.916. The highest BCUT2D eigenvalue weighted by molar-refractivity contribution is 7.89. The van der Waals surface area contributed by atoms with Crippen LogP contribution in [0, 0.1) is 0 Å². The lowest BCUT2D eigenvalue weighted by atomic mass is 10.7. The number of sulfonamides is 1. The van der Waals surface area contributed by atoms with E-state index in [9.17, 15) is 8.42 Å². The van der Waals surface area contributed by atoms with Gasteiger partial charge in [-0.1, -0.05) is 5.22 Å². The van der Waals surface area contributed by atoms with Crippen LogP contribution < -0.4 is 10.6 Å². The van der Waals surface area contributed by atoms with E-state index in [1.165, 1.54) is 0 Å². The average Bonchev–Trinajstić information content (AvgIpc) is 2.08. The Morgan fingerprint density at radius 2 is 2.33 bits per heavy atom. The van der Waals surface area contributed by atoms with Gasteiger partial charge in [-0.05, 0) is 0 Å². The normalized spacial score (nSPS) is 26.1. The van der Waals surface area contributed by atoms with Gasteiger partial charge >= 0.3 is 0 Å². The van der Waals surface area contributed by atoms with E-state index in [0.717, 1.165) is 0 Å². The summed E-state index contributed by atoms with van der Waals surface area (Å²) in [5, 5.41) is 10.5. The summed E-state index contributed by atoms with van der Waals surface area (Å²) < 4.78 is 20.9. The van der Waals surface area contributed by atoms with E-state index in [1.807, 2.05) is 0 Å². The van der Waals surface area contributed by atoms with Crippen LogP contribution in [0.3, 0.4) is 0 Å².